The van der Waals surface area contributed by atoms with Gasteiger partial charge >= 0.3 is 0 Å². The van der Waals surface area contributed by atoms with E-state index in [2.05, 4.69) is 24.1 Å². The fourth-order valence-corrected chi connectivity index (χ4v) is 3.59. The lowest BCUT2D eigenvalue weighted by Gasteiger charge is -2.49. The average molecular weight is 224 g/mol. The first kappa shape index (κ1) is 12.4. The third-order valence-electron chi connectivity index (χ3n) is 4.57. The van der Waals surface area contributed by atoms with Gasteiger partial charge in [0.2, 0.25) is 0 Å². The van der Waals surface area contributed by atoms with Crippen molar-refractivity contribution in [3.63, 3.8) is 0 Å². The molecule has 2 rings (SSSR count). The lowest BCUT2D eigenvalue weighted by Crippen LogP contribution is -2.64. The summed E-state index contributed by atoms with van der Waals surface area (Å²) in [5, 5.41) is 3.89. The van der Waals surface area contributed by atoms with E-state index >= 15 is 0 Å². The number of piperazine rings is 1. The molecule has 2 nitrogen and oxygen atoms in total. The fourth-order valence-electron chi connectivity index (χ4n) is 3.59. The summed E-state index contributed by atoms with van der Waals surface area (Å²) in [5.41, 5.74) is 0.485. The van der Waals surface area contributed by atoms with Crippen molar-refractivity contribution in [1.29, 1.82) is 0 Å². The quantitative estimate of drug-likeness (QED) is 0.793. The molecule has 94 valence electrons. The zero-order valence-corrected chi connectivity index (χ0v) is 11.1. The van der Waals surface area contributed by atoms with Crippen LogP contribution in [-0.2, 0) is 0 Å². The Balaban J connectivity index is 1.96. The van der Waals surface area contributed by atoms with Gasteiger partial charge < -0.3 is 5.32 Å². The van der Waals surface area contributed by atoms with Crippen LogP contribution in [0.25, 0.3) is 0 Å². The second-order valence-electron chi connectivity index (χ2n) is 5.73. The van der Waals surface area contributed by atoms with E-state index in [9.17, 15) is 0 Å². The number of likely N-dealkylation sites (N-methyl/N-ethyl adjacent to an activating group) is 1. The van der Waals surface area contributed by atoms with Gasteiger partial charge in [0.25, 0.3) is 0 Å². The van der Waals surface area contributed by atoms with Crippen LogP contribution in [0.15, 0.2) is 0 Å². The standard InChI is InChI=1S/C14H28N2/c1-3-8-13-11-15-14(12-16(13)4-2)9-6-5-7-10-14/h13,15H,3-12H2,1-2H3. The first-order chi connectivity index (χ1) is 7.79. The van der Waals surface area contributed by atoms with Gasteiger partial charge in [-0.25, -0.2) is 0 Å². The van der Waals surface area contributed by atoms with E-state index in [1.54, 1.807) is 0 Å². The molecule has 0 aromatic carbocycles. The summed E-state index contributed by atoms with van der Waals surface area (Å²) in [6, 6.07) is 0.794. The molecule has 0 amide bonds. The fraction of sp³-hybridized carbons (Fsp3) is 1.00. The van der Waals surface area contributed by atoms with E-state index in [-0.39, 0.29) is 0 Å². The summed E-state index contributed by atoms with van der Waals surface area (Å²) in [5.74, 6) is 0. The van der Waals surface area contributed by atoms with Crippen molar-refractivity contribution in [2.24, 2.45) is 0 Å². The maximum Gasteiger partial charge on any atom is 0.0309 e. The number of hydrogen-bond donors (Lipinski definition) is 1. The normalized spacial score (nSPS) is 30.8. The average Bonchev–Trinajstić information content (AvgIpc) is 2.33. The minimum absolute atomic E-state index is 0.485. The minimum Gasteiger partial charge on any atom is -0.308 e. The molecule has 0 radical (unpaired) electrons. The molecule has 2 heteroatoms. The van der Waals surface area contributed by atoms with Crippen molar-refractivity contribution in [3.8, 4) is 0 Å². The molecule has 1 aliphatic carbocycles. The van der Waals surface area contributed by atoms with Crippen molar-refractivity contribution >= 4 is 0 Å². The molecule has 1 saturated carbocycles. The summed E-state index contributed by atoms with van der Waals surface area (Å²) < 4.78 is 0. The maximum absolute atomic E-state index is 3.89. The first-order valence-electron chi connectivity index (χ1n) is 7.29. The molecule has 1 spiro atoms. The highest BCUT2D eigenvalue weighted by Crippen LogP contribution is 2.32. The van der Waals surface area contributed by atoms with Crippen LogP contribution in [0.4, 0.5) is 0 Å². The zero-order valence-electron chi connectivity index (χ0n) is 11.1. The second kappa shape index (κ2) is 5.50. The van der Waals surface area contributed by atoms with Crippen molar-refractivity contribution < 1.29 is 0 Å². The molecule has 2 fully saturated rings. The van der Waals surface area contributed by atoms with E-state index in [1.807, 2.05) is 0 Å². The SMILES string of the molecule is CCCC1CNC2(CCCCC2)CN1CC. The van der Waals surface area contributed by atoms with Gasteiger partial charge in [-0.2, -0.15) is 0 Å². The zero-order chi connectivity index (χ0) is 11.4. The van der Waals surface area contributed by atoms with Gasteiger partial charge in [-0.1, -0.05) is 39.5 Å². The Bertz CT molecular complexity index is 209. The van der Waals surface area contributed by atoms with E-state index in [0.29, 0.717) is 5.54 Å². The van der Waals surface area contributed by atoms with Crippen molar-refractivity contribution in [1.82, 2.24) is 10.2 Å². The van der Waals surface area contributed by atoms with E-state index < -0.39 is 0 Å². The van der Waals surface area contributed by atoms with Crippen molar-refractivity contribution in [3.05, 3.63) is 0 Å². The number of hydrogen-bond acceptors (Lipinski definition) is 2. The highest BCUT2D eigenvalue weighted by Gasteiger charge is 2.38. The molecule has 0 aromatic rings. The molecule has 16 heavy (non-hydrogen) atoms. The lowest BCUT2D eigenvalue weighted by atomic mass is 9.79. The van der Waals surface area contributed by atoms with Gasteiger partial charge in [0, 0.05) is 24.7 Å². The highest BCUT2D eigenvalue weighted by atomic mass is 15.2. The third kappa shape index (κ3) is 2.60. The molecule has 0 aromatic heterocycles. The summed E-state index contributed by atoms with van der Waals surface area (Å²) in [4.78, 5) is 2.73. The Labute approximate surface area is 101 Å². The van der Waals surface area contributed by atoms with E-state index in [1.165, 1.54) is 64.6 Å². The Hall–Kier alpha value is -0.0800. The largest absolute Gasteiger partial charge is 0.308 e. The molecule has 0 bridgehead atoms. The predicted octanol–water partition coefficient (Wildman–Crippen LogP) is 2.78. The summed E-state index contributed by atoms with van der Waals surface area (Å²) in [6.45, 7) is 8.38. The lowest BCUT2D eigenvalue weighted by molar-refractivity contribution is 0.0558. The first-order valence-corrected chi connectivity index (χ1v) is 7.29. The van der Waals surface area contributed by atoms with Crippen LogP contribution in [0.1, 0.15) is 58.8 Å². The Kier molecular flexibility index (Phi) is 4.26. The van der Waals surface area contributed by atoms with Crippen LogP contribution >= 0.6 is 0 Å². The van der Waals surface area contributed by atoms with E-state index in [0.717, 1.165) is 6.04 Å². The predicted molar refractivity (Wildman–Crippen MR) is 69.8 cm³/mol. The van der Waals surface area contributed by atoms with Gasteiger partial charge in [0.05, 0.1) is 0 Å². The van der Waals surface area contributed by atoms with Crippen molar-refractivity contribution in [2.45, 2.75) is 70.4 Å². The molecular weight excluding hydrogens is 196 g/mol. The summed E-state index contributed by atoms with van der Waals surface area (Å²) in [7, 11) is 0. The Morgan fingerprint density at radius 1 is 1.19 bits per heavy atom. The second-order valence-corrected chi connectivity index (χ2v) is 5.73. The number of nitrogens with one attached hydrogen (secondary N) is 1. The van der Waals surface area contributed by atoms with Gasteiger partial charge in [-0.3, -0.25) is 4.90 Å². The topological polar surface area (TPSA) is 15.3 Å². The molecular formula is C14H28N2. The van der Waals surface area contributed by atoms with Gasteiger partial charge in [0.15, 0.2) is 0 Å². The van der Waals surface area contributed by atoms with Gasteiger partial charge in [-0.15, -0.1) is 0 Å². The molecule has 1 atom stereocenters. The Morgan fingerprint density at radius 2 is 1.94 bits per heavy atom. The molecule has 1 aliphatic heterocycles. The van der Waals surface area contributed by atoms with Gasteiger partial charge in [0.1, 0.15) is 0 Å². The van der Waals surface area contributed by atoms with Crippen LogP contribution in [0.2, 0.25) is 0 Å². The van der Waals surface area contributed by atoms with Crippen LogP contribution in [0.5, 0.6) is 0 Å². The number of nitrogens with zero attached hydrogens (tertiary/aromatic N) is 1. The molecule has 1 N–H and O–H groups in total. The van der Waals surface area contributed by atoms with Crippen molar-refractivity contribution in [2.75, 3.05) is 19.6 Å². The maximum atomic E-state index is 3.89. The van der Waals surface area contributed by atoms with Crippen LogP contribution in [-0.4, -0.2) is 36.1 Å². The highest BCUT2D eigenvalue weighted by molar-refractivity contribution is 4.99. The molecule has 1 unspecified atom stereocenters. The van der Waals surface area contributed by atoms with Crippen LogP contribution in [0, 0.1) is 0 Å². The third-order valence-corrected chi connectivity index (χ3v) is 4.57. The van der Waals surface area contributed by atoms with Gasteiger partial charge in [-0.05, 0) is 25.8 Å². The number of rotatable bonds is 3. The van der Waals surface area contributed by atoms with Crippen LogP contribution < -0.4 is 5.32 Å². The molecule has 2 aliphatic rings. The van der Waals surface area contributed by atoms with Crippen LogP contribution in [0.3, 0.4) is 0 Å². The van der Waals surface area contributed by atoms with E-state index in [4.69, 9.17) is 0 Å². The monoisotopic (exact) mass is 224 g/mol. The minimum atomic E-state index is 0.485. The Morgan fingerprint density at radius 3 is 2.56 bits per heavy atom. The summed E-state index contributed by atoms with van der Waals surface area (Å²) in [6.07, 6.45) is 9.80. The smallest absolute Gasteiger partial charge is 0.0309 e. The molecule has 1 saturated heterocycles. The molecule has 1 heterocycles. The summed E-state index contributed by atoms with van der Waals surface area (Å²) >= 11 is 0.